The Hall–Kier alpha value is -2.66. The van der Waals surface area contributed by atoms with Gasteiger partial charge in [0.15, 0.2) is 0 Å². The summed E-state index contributed by atoms with van der Waals surface area (Å²) in [5, 5.41) is 3.17. The highest BCUT2D eigenvalue weighted by Crippen LogP contribution is 2.35. The first kappa shape index (κ1) is 20.6. The van der Waals surface area contributed by atoms with E-state index in [1.165, 1.54) is 37.7 Å². The van der Waals surface area contributed by atoms with Gasteiger partial charge < -0.3 is 15.1 Å². The van der Waals surface area contributed by atoms with E-state index in [1.54, 1.807) is 4.90 Å². The summed E-state index contributed by atoms with van der Waals surface area (Å²) < 4.78 is 0. The summed E-state index contributed by atoms with van der Waals surface area (Å²) in [5.74, 6) is 0.639. The number of hydrogen-bond donors (Lipinski definition) is 1. The van der Waals surface area contributed by atoms with Crippen molar-refractivity contribution in [1.29, 1.82) is 0 Å². The molecule has 30 heavy (non-hydrogen) atoms. The first-order valence-electron chi connectivity index (χ1n) is 11.0. The van der Waals surface area contributed by atoms with Gasteiger partial charge in [-0.05, 0) is 61.7 Å². The van der Waals surface area contributed by atoms with Crippen molar-refractivity contribution in [2.24, 2.45) is 0 Å². The molecule has 2 amide bonds. The summed E-state index contributed by atoms with van der Waals surface area (Å²) in [5.41, 5.74) is 3.71. The van der Waals surface area contributed by atoms with Crippen LogP contribution in [0.5, 0.6) is 0 Å². The molecule has 1 atom stereocenters. The molecule has 1 saturated carbocycles. The molecule has 158 valence electrons. The van der Waals surface area contributed by atoms with E-state index in [4.69, 9.17) is 0 Å². The van der Waals surface area contributed by atoms with Gasteiger partial charge in [0.2, 0.25) is 5.91 Å². The van der Waals surface area contributed by atoms with Crippen LogP contribution in [-0.4, -0.2) is 38.5 Å². The molecule has 0 aromatic heterocycles. The van der Waals surface area contributed by atoms with E-state index in [1.807, 2.05) is 61.5 Å². The van der Waals surface area contributed by atoms with Gasteiger partial charge in [0.1, 0.15) is 0 Å². The normalized spacial score (nSPS) is 19.9. The molecule has 4 rings (SSSR count). The van der Waals surface area contributed by atoms with Gasteiger partial charge in [-0.25, -0.2) is 0 Å². The van der Waals surface area contributed by atoms with Gasteiger partial charge in [-0.1, -0.05) is 37.5 Å². The fraction of sp³-hybridized carbons (Fsp3) is 0.440. The Labute approximate surface area is 179 Å². The highest BCUT2D eigenvalue weighted by Gasteiger charge is 2.29. The summed E-state index contributed by atoms with van der Waals surface area (Å²) >= 11 is 0. The Morgan fingerprint density at radius 2 is 1.73 bits per heavy atom. The molecule has 0 bridgehead atoms. The Balaban J connectivity index is 1.52. The van der Waals surface area contributed by atoms with Crippen molar-refractivity contribution in [2.75, 3.05) is 30.4 Å². The minimum Gasteiger partial charge on any atom is -0.315 e. The Morgan fingerprint density at radius 1 is 1.03 bits per heavy atom. The second kappa shape index (κ2) is 9.00. The van der Waals surface area contributed by atoms with Crippen molar-refractivity contribution in [2.45, 2.75) is 50.5 Å². The Kier molecular flexibility index (Phi) is 6.18. The lowest BCUT2D eigenvalue weighted by atomic mass is 9.82. The van der Waals surface area contributed by atoms with Crippen LogP contribution in [0.2, 0.25) is 0 Å². The molecule has 5 heteroatoms. The molecule has 1 saturated heterocycles. The second-order valence-electron chi connectivity index (χ2n) is 8.50. The van der Waals surface area contributed by atoms with Crippen molar-refractivity contribution in [1.82, 2.24) is 5.32 Å². The molecular weight excluding hydrogens is 374 g/mol. The molecule has 1 unspecified atom stereocenters. The SMILES string of the molecule is CNC1CC(=O)N(c2ccc(N(C)C(=O)c3ccccc3C3CCCCC3)cc2)C1. The van der Waals surface area contributed by atoms with Gasteiger partial charge in [-0.2, -0.15) is 0 Å². The van der Waals surface area contributed by atoms with E-state index in [9.17, 15) is 9.59 Å². The van der Waals surface area contributed by atoms with Crippen LogP contribution in [0.1, 0.15) is 60.4 Å². The largest absolute Gasteiger partial charge is 0.315 e. The molecule has 2 aromatic rings. The summed E-state index contributed by atoms with van der Waals surface area (Å²) in [6.45, 7) is 0.679. The molecular formula is C25H31N3O2. The number of carbonyl (C=O) groups excluding carboxylic acids is 2. The predicted molar refractivity (Wildman–Crippen MR) is 121 cm³/mol. The van der Waals surface area contributed by atoms with Gasteiger partial charge in [-0.15, -0.1) is 0 Å². The third-order valence-electron chi connectivity index (χ3n) is 6.62. The smallest absolute Gasteiger partial charge is 0.258 e. The maximum Gasteiger partial charge on any atom is 0.258 e. The number of nitrogens with zero attached hydrogens (tertiary/aromatic N) is 2. The van der Waals surface area contributed by atoms with E-state index in [0.717, 1.165) is 16.9 Å². The summed E-state index contributed by atoms with van der Waals surface area (Å²) in [7, 11) is 3.71. The molecule has 1 aliphatic heterocycles. The van der Waals surface area contributed by atoms with Crippen LogP contribution in [0, 0.1) is 0 Å². The predicted octanol–water partition coefficient (Wildman–Crippen LogP) is 4.34. The van der Waals surface area contributed by atoms with Gasteiger partial charge in [-0.3, -0.25) is 9.59 Å². The lowest BCUT2D eigenvalue weighted by molar-refractivity contribution is -0.117. The number of amides is 2. The van der Waals surface area contributed by atoms with E-state index >= 15 is 0 Å². The van der Waals surface area contributed by atoms with Gasteiger partial charge in [0.25, 0.3) is 5.91 Å². The van der Waals surface area contributed by atoms with Gasteiger partial charge in [0.05, 0.1) is 0 Å². The number of likely N-dealkylation sites (N-methyl/N-ethyl adjacent to an activating group) is 1. The second-order valence-corrected chi connectivity index (χ2v) is 8.50. The van der Waals surface area contributed by atoms with Gasteiger partial charge in [0, 0.05) is 43.0 Å². The van der Waals surface area contributed by atoms with Crippen LogP contribution in [0.4, 0.5) is 11.4 Å². The van der Waals surface area contributed by atoms with Crippen molar-refractivity contribution < 1.29 is 9.59 Å². The van der Waals surface area contributed by atoms with Gasteiger partial charge >= 0.3 is 0 Å². The number of nitrogens with one attached hydrogen (secondary N) is 1. The van der Waals surface area contributed by atoms with E-state index in [0.29, 0.717) is 18.9 Å². The third-order valence-corrected chi connectivity index (χ3v) is 6.62. The van der Waals surface area contributed by atoms with Crippen LogP contribution in [0.15, 0.2) is 48.5 Å². The lowest BCUT2D eigenvalue weighted by Crippen LogP contribution is -2.30. The zero-order valence-corrected chi connectivity index (χ0v) is 17.9. The highest BCUT2D eigenvalue weighted by atomic mass is 16.2. The highest BCUT2D eigenvalue weighted by molar-refractivity contribution is 6.07. The monoisotopic (exact) mass is 405 g/mol. The molecule has 2 aromatic carbocycles. The molecule has 1 aliphatic carbocycles. The fourth-order valence-electron chi connectivity index (χ4n) is 4.77. The quantitative estimate of drug-likeness (QED) is 0.805. The molecule has 0 spiro atoms. The first-order valence-corrected chi connectivity index (χ1v) is 11.0. The van der Waals surface area contributed by atoms with Crippen LogP contribution < -0.4 is 15.1 Å². The number of anilines is 2. The zero-order valence-electron chi connectivity index (χ0n) is 17.9. The number of rotatable bonds is 5. The average molecular weight is 406 g/mol. The van der Waals surface area contributed by atoms with Crippen molar-refractivity contribution in [3.63, 3.8) is 0 Å². The molecule has 2 fully saturated rings. The molecule has 0 radical (unpaired) electrons. The molecule has 1 heterocycles. The van der Waals surface area contributed by atoms with Crippen LogP contribution in [0.25, 0.3) is 0 Å². The topological polar surface area (TPSA) is 52.7 Å². The molecule has 5 nitrogen and oxygen atoms in total. The van der Waals surface area contributed by atoms with E-state index in [2.05, 4.69) is 11.4 Å². The summed E-state index contributed by atoms with van der Waals surface area (Å²) in [6, 6.07) is 16.0. The maximum atomic E-state index is 13.3. The fourth-order valence-corrected chi connectivity index (χ4v) is 4.77. The Bertz CT molecular complexity index is 903. The minimum atomic E-state index is 0.0245. The zero-order chi connectivity index (χ0) is 21.1. The third kappa shape index (κ3) is 4.12. The number of carbonyl (C=O) groups is 2. The van der Waals surface area contributed by atoms with E-state index in [-0.39, 0.29) is 17.9 Å². The maximum absolute atomic E-state index is 13.3. The standard InChI is InChI=1S/C25H31N3O2/c1-26-19-16-24(29)28(17-19)21-14-12-20(13-15-21)27(2)25(30)23-11-7-6-10-22(23)18-8-4-3-5-9-18/h6-7,10-15,18-19,26H,3-5,8-9,16-17H2,1-2H3. The number of hydrogen-bond acceptors (Lipinski definition) is 3. The Morgan fingerprint density at radius 3 is 2.40 bits per heavy atom. The summed E-state index contributed by atoms with van der Waals surface area (Å²) in [6.07, 6.45) is 6.64. The van der Waals surface area contributed by atoms with Crippen molar-refractivity contribution in [3.05, 3.63) is 59.7 Å². The minimum absolute atomic E-state index is 0.0245. The van der Waals surface area contributed by atoms with E-state index < -0.39 is 0 Å². The molecule has 2 aliphatic rings. The van der Waals surface area contributed by atoms with Crippen molar-refractivity contribution in [3.8, 4) is 0 Å². The average Bonchev–Trinajstić information content (AvgIpc) is 3.19. The van der Waals surface area contributed by atoms with Crippen LogP contribution in [0.3, 0.4) is 0 Å². The molecule has 1 N–H and O–H groups in total. The lowest BCUT2D eigenvalue weighted by Gasteiger charge is -2.26. The first-order chi connectivity index (χ1) is 14.6. The summed E-state index contributed by atoms with van der Waals surface area (Å²) in [4.78, 5) is 29.1. The van der Waals surface area contributed by atoms with Crippen LogP contribution in [-0.2, 0) is 4.79 Å². The van der Waals surface area contributed by atoms with Crippen LogP contribution >= 0.6 is 0 Å². The van der Waals surface area contributed by atoms with Crippen molar-refractivity contribution >= 4 is 23.2 Å². The number of benzene rings is 2.